The molecule has 8 heteroatoms. The van der Waals surface area contributed by atoms with Crippen molar-refractivity contribution in [2.24, 2.45) is 0 Å². The van der Waals surface area contributed by atoms with Crippen molar-refractivity contribution in [3.63, 3.8) is 0 Å². The Balaban J connectivity index is 7.91. The van der Waals surface area contributed by atoms with Gasteiger partial charge in [-0.05, 0) is 0 Å². The zero-order chi connectivity index (χ0) is 18.5. The number of carbonyl (C=O) groups is 3. The van der Waals surface area contributed by atoms with Gasteiger partial charge in [-0.1, -0.05) is 0 Å². The average Bonchev–Trinajstić information content (AvgIpc) is 2.54. The Labute approximate surface area is 129 Å². The topological polar surface area (TPSA) is 107 Å². The Hall–Kier alpha value is -1.89. The zero-order valence-corrected chi connectivity index (χ0v) is 15.2. The van der Waals surface area contributed by atoms with Gasteiger partial charge in [0.05, 0.1) is 0 Å². The van der Waals surface area contributed by atoms with E-state index in [1.807, 2.05) is 0 Å². The molecular weight excluding hydrogens is 383 g/mol. The molecule has 0 aliphatic carbocycles. The van der Waals surface area contributed by atoms with Crippen molar-refractivity contribution in [1.29, 1.82) is 0 Å². The molecule has 0 aliphatic heterocycles. The van der Waals surface area contributed by atoms with Crippen LogP contribution in [0.25, 0.3) is 0 Å². The van der Waals surface area contributed by atoms with Crippen LogP contribution in [-0.2, 0) is 39.7 Å². The molecule has 0 aromatic rings. The number of rotatable bonds is 11. The van der Waals surface area contributed by atoms with E-state index in [0.29, 0.717) is 18.2 Å². The third-order valence-corrected chi connectivity index (χ3v) is 23.8. The molecule has 0 amide bonds. The van der Waals surface area contributed by atoms with Crippen LogP contribution in [0, 0.1) is 0 Å². The van der Waals surface area contributed by atoms with E-state index < -0.39 is 37.9 Å². The van der Waals surface area contributed by atoms with Crippen molar-refractivity contribution in [1.82, 2.24) is 0 Å². The molecule has 1 N–H and O–H groups in total. The monoisotopic (exact) mass is 402 g/mol. The molecule has 0 spiro atoms. The summed E-state index contributed by atoms with van der Waals surface area (Å²) >= 11 is -8.86. The molecule has 0 atom stereocenters. The summed E-state index contributed by atoms with van der Waals surface area (Å²) in [6.45, 7) is 16.1. The van der Waals surface area contributed by atoms with Gasteiger partial charge < -0.3 is 0 Å². The molecule has 0 aromatic carbocycles. The summed E-state index contributed by atoms with van der Waals surface area (Å²) in [5, 5.41) is 9.67. The fourth-order valence-electron chi connectivity index (χ4n) is 2.83. The Morgan fingerprint density at radius 2 is 1.26 bits per heavy atom. The van der Waals surface area contributed by atoms with Crippen molar-refractivity contribution in [2.75, 3.05) is 0 Å². The minimum atomic E-state index is -8.86. The quantitative estimate of drug-likeness (QED) is 0.245. The van der Waals surface area contributed by atoms with Crippen LogP contribution in [0.3, 0.4) is 0 Å². The van der Waals surface area contributed by atoms with Gasteiger partial charge >= 0.3 is 129 Å². The molecule has 0 heterocycles. The first-order valence-corrected chi connectivity index (χ1v) is 15.5. The second-order valence-electron chi connectivity index (χ2n) is 5.65. The van der Waals surface area contributed by atoms with Crippen molar-refractivity contribution < 1.29 is 44.9 Å². The standard InChI is InChI=1S/C3H4O2.2C3H3O.2C3H5.H2O2.O.Zr/c1-2-3(4)5;2*1-2-3-4;2*1-3-2;1-2;;/h2H,1H2,(H,4,5);2*2H,1H2;2*3H,1-2H2;1-2H;;/q;;;;;;;+2/p-2. The number of carbonyl (C=O) groups excluding carboxylic acids is 3. The van der Waals surface area contributed by atoms with Crippen LogP contribution < -0.4 is 0 Å². The maximum absolute atomic E-state index is 14.5. The van der Waals surface area contributed by atoms with E-state index in [4.69, 9.17) is 2.81 Å². The molecule has 126 valence electrons. The summed E-state index contributed by atoms with van der Waals surface area (Å²) in [4.78, 5) is 37.4. The van der Waals surface area contributed by atoms with Crippen molar-refractivity contribution in [3.8, 4) is 0 Å². The van der Waals surface area contributed by atoms with Crippen molar-refractivity contribution >= 4 is 13.0 Å². The number of hydrogen-bond donors (Lipinski definition) is 1. The molecule has 0 aromatic heterocycles. The summed E-state index contributed by atoms with van der Waals surface area (Å²) < 4.78 is 18.2. The van der Waals surface area contributed by atoms with Gasteiger partial charge in [-0.3, -0.25) is 0 Å². The molecular formula is C15H20O7Zr. The minimum absolute atomic E-state index is 0.468. The van der Waals surface area contributed by atoms with E-state index in [1.54, 1.807) is 0 Å². The predicted molar refractivity (Wildman–Crippen MR) is 81.1 cm³/mol. The second-order valence-corrected chi connectivity index (χ2v) is 24.8. The Kier molecular flexibility index (Phi) is 4.90. The fraction of sp³-hybridized carbons (Fsp3) is 0.133. The van der Waals surface area contributed by atoms with Crippen LogP contribution in [0.1, 0.15) is 0 Å². The Bertz CT molecular complexity index is 725. The molecule has 23 heavy (non-hydrogen) atoms. The second kappa shape index (κ2) is 5.33. The van der Waals surface area contributed by atoms with Gasteiger partial charge in [0.25, 0.3) is 0 Å². The first kappa shape index (κ1) is 21.1. The van der Waals surface area contributed by atoms with Gasteiger partial charge in [0, 0.05) is 0 Å². The average molecular weight is 404 g/mol. The third-order valence-electron chi connectivity index (χ3n) is 4.30. The van der Waals surface area contributed by atoms with E-state index in [1.165, 1.54) is 0 Å². The summed E-state index contributed by atoms with van der Waals surface area (Å²) in [5.74, 6) is -1.43. The van der Waals surface area contributed by atoms with Gasteiger partial charge in [-0.25, -0.2) is 0 Å². The Morgan fingerprint density at radius 1 is 0.870 bits per heavy atom. The summed E-state index contributed by atoms with van der Waals surface area (Å²) in [7, 11) is 0. The molecule has 0 fully saturated rings. The molecule has 0 aliphatic rings. The van der Waals surface area contributed by atoms with Gasteiger partial charge in [0.1, 0.15) is 0 Å². The maximum atomic E-state index is 14.5. The summed E-state index contributed by atoms with van der Waals surface area (Å²) in [6.07, 6.45) is 3.20. The molecule has 0 bridgehead atoms. The first-order chi connectivity index (χ1) is 10.5. The SMILES string of the molecule is C=C[CH2][Zr](=[O])([CH2]C=C)([O]O)([O]C(=O)C=C)([C](=O)C=C)[C](=O)C=C. The molecule has 0 saturated carbocycles. The van der Waals surface area contributed by atoms with Crippen LogP contribution >= 0.6 is 0 Å². The van der Waals surface area contributed by atoms with E-state index in [2.05, 4.69) is 35.9 Å². The van der Waals surface area contributed by atoms with E-state index in [9.17, 15) is 22.5 Å². The normalized spacial score (nSPS) is 15.4. The third kappa shape index (κ3) is 2.10. The molecule has 7 nitrogen and oxygen atoms in total. The first-order valence-electron chi connectivity index (χ1n) is 6.54. The van der Waals surface area contributed by atoms with Gasteiger partial charge in [0.2, 0.25) is 0 Å². The van der Waals surface area contributed by atoms with E-state index in [-0.39, 0.29) is 0 Å². The predicted octanol–water partition coefficient (Wildman–Crippen LogP) is 2.78. The molecule has 0 unspecified atom stereocenters. The van der Waals surface area contributed by atoms with Crippen LogP contribution in [0.5, 0.6) is 0 Å². The van der Waals surface area contributed by atoms with Crippen LogP contribution in [-0.4, -0.2) is 18.2 Å². The molecule has 0 rings (SSSR count). The van der Waals surface area contributed by atoms with E-state index in [0.717, 1.165) is 12.2 Å². The number of allylic oxidation sites excluding steroid dienone is 4. The van der Waals surface area contributed by atoms with Crippen LogP contribution in [0.2, 0.25) is 8.26 Å². The fourth-order valence-corrected chi connectivity index (χ4v) is 16.7. The molecule has 0 radical (unpaired) electrons. The van der Waals surface area contributed by atoms with Gasteiger partial charge in [0.15, 0.2) is 0 Å². The van der Waals surface area contributed by atoms with Gasteiger partial charge in [-0.15, -0.1) is 0 Å². The summed E-state index contributed by atoms with van der Waals surface area (Å²) in [5.41, 5.74) is 0. The van der Waals surface area contributed by atoms with Crippen LogP contribution in [0.4, 0.5) is 0 Å². The molecule has 0 saturated heterocycles. The van der Waals surface area contributed by atoms with Crippen molar-refractivity contribution in [2.45, 2.75) is 8.26 Å². The van der Waals surface area contributed by atoms with E-state index >= 15 is 0 Å². The summed E-state index contributed by atoms with van der Waals surface area (Å²) in [6, 6.07) is 0. The Morgan fingerprint density at radius 3 is 1.48 bits per heavy atom. The van der Waals surface area contributed by atoms with Crippen LogP contribution in [0.15, 0.2) is 63.3 Å². The van der Waals surface area contributed by atoms with Gasteiger partial charge in [-0.2, -0.15) is 0 Å². The van der Waals surface area contributed by atoms with Crippen molar-refractivity contribution in [3.05, 3.63) is 63.3 Å². The number of hydrogen-bond acceptors (Lipinski definition) is 7. The zero-order valence-electron chi connectivity index (χ0n) is 12.7.